The van der Waals surface area contributed by atoms with Crippen molar-refractivity contribution in [2.75, 3.05) is 6.54 Å². The Morgan fingerprint density at radius 1 is 1.29 bits per heavy atom. The maximum Gasteiger partial charge on any atom is 0.0624 e. The standard InChI is InChI=1S/C14H27N3/c1-5-9-13(15-7-3)11-14-10-12(6-2)16-17(14)8-4/h10,13,15H,5-9,11H2,1-4H3. The summed E-state index contributed by atoms with van der Waals surface area (Å²) in [7, 11) is 0. The third-order valence-electron chi connectivity index (χ3n) is 3.16. The number of nitrogens with zero attached hydrogens (tertiary/aromatic N) is 2. The third-order valence-corrected chi connectivity index (χ3v) is 3.16. The molecule has 3 heteroatoms. The van der Waals surface area contributed by atoms with Crippen molar-refractivity contribution < 1.29 is 0 Å². The number of aryl methyl sites for hydroxylation is 2. The molecule has 1 unspecified atom stereocenters. The highest BCUT2D eigenvalue weighted by Crippen LogP contribution is 2.11. The van der Waals surface area contributed by atoms with E-state index in [-0.39, 0.29) is 0 Å². The fourth-order valence-corrected chi connectivity index (χ4v) is 2.29. The molecule has 17 heavy (non-hydrogen) atoms. The van der Waals surface area contributed by atoms with Crippen molar-refractivity contribution >= 4 is 0 Å². The molecule has 0 radical (unpaired) electrons. The van der Waals surface area contributed by atoms with Crippen LogP contribution in [-0.2, 0) is 19.4 Å². The Bertz CT molecular complexity index is 311. The lowest BCUT2D eigenvalue weighted by molar-refractivity contribution is 0.467. The van der Waals surface area contributed by atoms with Gasteiger partial charge in [-0.15, -0.1) is 0 Å². The van der Waals surface area contributed by atoms with Gasteiger partial charge in [-0.2, -0.15) is 5.10 Å². The van der Waals surface area contributed by atoms with Gasteiger partial charge in [0, 0.05) is 24.7 Å². The topological polar surface area (TPSA) is 29.9 Å². The van der Waals surface area contributed by atoms with E-state index >= 15 is 0 Å². The average molecular weight is 237 g/mol. The summed E-state index contributed by atoms with van der Waals surface area (Å²) in [6, 6.07) is 2.86. The zero-order valence-corrected chi connectivity index (χ0v) is 11.8. The summed E-state index contributed by atoms with van der Waals surface area (Å²) in [5.74, 6) is 0. The lowest BCUT2D eigenvalue weighted by atomic mass is 10.1. The molecule has 1 aromatic rings. The van der Waals surface area contributed by atoms with Crippen molar-refractivity contribution in [1.29, 1.82) is 0 Å². The Kier molecular flexibility index (Phi) is 6.27. The summed E-state index contributed by atoms with van der Waals surface area (Å²) in [5, 5.41) is 8.18. The number of nitrogens with one attached hydrogen (secondary N) is 1. The van der Waals surface area contributed by atoms with Gasteiger partial charge in [0.15, 0.2) is 0 Å². The van der Waals surface area contributed by atoms with E-state index in [1.54, 1.807) is 0 Å². The number of hydrogen-bond acceptors (Lipinski definition) is 2. The molecule has 1 atom stereocenters. The SMILES string of the molecule is CCCC(Cc1cc(CC)nn1CC)NCC. The van der Waals surface area contributed by atoms with Crippen LogP contribution in [0.3, 0.4) is 0 Å². The first kappa shape index (κ1) is 14.2. The molecule has 0 aromatic carbocycles. The number of likely N-dealkylation sites (N-methyl/N-ethyl adjacent to an activating group) is 1. The quantitative estimate of drug-likeness (QED) is 0.753. The van der Waals surface area contributed by atoms with Crippen LogP contribution in [0.4, 0.5) is 0 Å². The molecule has 3 nitrogen and oxygen atoms in total. The minimum Gasteiger partial charge on any atom is -0.314 e. The van der Waals surface area contributed by atoms with Crippen LogP contribution in [0.1, 0.15) is 51.9 Å². The van der Waals surface area contributed by atoms with E-state index in [1.165, 1.54) is 24.2 Å². The van der Waals surface area contributed by atoms with Gasteiger partial charge in [0.25, 0.3) is 0 Å². The molecular weight excluding hydrogens is 210 g/mol. The van der Waals surface area contributed by atoms with Gasteiger partial charge in [-0.05, 0) is 32.4 Å². The van der Waals surface area contributed by atoms with Crippen LogP contribution in [0, 0.1) is 0 Å². The lowest BCUT2D eigenvalue weighted by Crippen LogP contribution is -2.31. The summed E-state index contributed by atoms with van der Waals surface area (Å²) in [6.45, 7) is 10.8. The minimum atomic E-state index is 0.594. The van der Waals surface area contributed by atoms with E-state index in [4.69, 9.17) is 0 Å². The highest BCUT2D eigenvalue weighted by molar-refractivity contribution is 5.12. The van der Waals surface area contributed by atoms with Gasteiger partial charge in [0.1, 0.15) is 0 Å². The van der Waals surface area contributed by atoms with Crippen molar-refractivity contribution in [3.8, 4) is 0 Å². The number of rotatable bonds is 8. The van der Waals surface area contributed by atoms with Gasteiger partial charge in [-0.1, -0.05) is 27.2 Å². The fourth-order valence-electron chi connectivity index (χ4n) is 2.29. The van der Waals surface area contributed by atoms with Gasteiger partial charge < -0.3 is 5.32 Å². The van der Waals surface area contributed by atoms with E-state index in [0.29, 0.717) is 6.04 Å². The van der Waals surface area contributed by atoms with Crippen LogP contribution in [-0.4, -0.2) is 22.4 Å². The van der Waals surface area contributed by atoms with Crippen LogP contribution in [0.25, 0.3) is 0 Å². The predicted molar refractivity (Wildman–Crippen MR) is 73.4 cm³/mol. The monoisotopic (exact) mass is 237 g/mol. The molecule has 1 heterocycles. The highest BCUT2D eigenvalue weighted by Gasteiger charge is 2.12. The molecule has 0 saturated carbocycles. The molecule has 1 rings (SSSR count). The van der Waals surface area contributed by atoms with E-state index in [9.17, 15) is 0 Å². The molecule has 0 bridgehead atoms. The molecule has 0 fully saturated rings. The highest BCUT2D eigenvalue weighted by atomic mass is 15.3. The van der Waals surface area contributed by atoms with Crippen molar-refractivity contribution in [3.63, 3.8) is 0 Å². The van der Waals surface area contributed by atoms with E-state index < -0.39 is 0 Å². The van der Waals surface area contributed by atoms with Crippen molar-refractivity contribution in [2.45, 2.75) is 66.0 Å². The first-order chi connectivity index (χ1) is 8.24. The second-order valence-corrected chi connectivity index (χ2v) is 4.54. The molecule has 0 saturated heterocycles. The van der Waals surface area contributed by atoms with Gasteiger partial charge in [0.05, 0.1) is 5.69 Å². The van der Waals surface area contributed by atoms with Crippen LogP contribution in [0.15, 0.2) is 6.07 Å². The summed E-state index contributed by atoms with van der Waals surface area (Å²) in [6.07, 6.45) is 4.60. The average Bonchev–Trinajstić information content (AvgIpc) is 2.72. The zero-order valence-electron chi connectivity index (χ0n) is 11.8. The number of hydrogen-bond donors (Lipinski definition) is 1. The van der Waals surface area contributed by atoms with E-state index in [2.05, 4.69) is 48.9 Å². The summed E-state index contributed by atoms with van der Waals surface area (Å²) < 4.78 is 2.15. The summed E-state index contributed by atoms with van der Waals surface area (Å²) in [5.41, 5.74) is 2.59. The van der Waals surface area contributed by atoms with Crippen LogP contribution >= 0.6 is 0 Å². The van der Waals surface area contributed by atoms with E-state index in [0.717, 1.165) is 25.9 Å². The molecular formula is C14H27N3. The molecule has 0 spiro atoms. The first-order valence-electron chi connectivity index (χ1n) is 7.04. The Hall–Kier alpha value is -0.830. The van der Waals surface area contributed by atoms with Crippen LogP contribution in [0.2, 0.25) is 0 Å². The van der Waals surface area contributed by atoms with Crippen LogP contribution in [0.5, 0.6) is 0 Å². The molecule has 1 aromatic heterocycles. The van der Waals surface area contributed by atoms with Crippen molar-refractivity contribution in [2.24, 2.45) is 0 Å². The van der Waals surface area contributed by atoms with Gasteiger partial charge in [-0.3, -0.25) is 4.68 Å². The molecule has 0 aliphatic carbocycles. The molecule has 98 valence electrons. The van der Waals surface area contributed by atoms with Crippen molar-refractivity contribution in [3.05, 3.63) is 17.5 Å². The summed E-state index contributed by atoms with van der Waals surface area (Å²) in [4.78, 5) is 0. The van der Waals surface area contributed by atoms with Crippen LogP contribution < -0.4 is 5.32 Å². The Morgan fingerprint density at radius 2 is 2.06 bits per heavy atom. The third kappa shape index (κ3) is 4.15. The largest absolute Gasteiger partial charge is 0.314 e. The minimum absolute atomic E-state index is 0.594. The second kappa shape index (κ2) is 7.49. The van der Waals surface area contributed by atoms with Gasteiger partial charge in [0.2, 0.25) is 0 Å². The normalized spacial score (nSPS) is 12.9. The molecule has 0 aliphatic rings. The summed E-state index contributed by atoms with van der Waals surface area (Å²) >= 11 is 0. The molecule has 0 amide bonds. The van der Waals surface area contributed by atoms with Gasteiger partial charge in [-0.25, -0.2) is 0 Å². The Balaban J connectivity index is 2.72. The lowest BCUT2D eigenvalue weighted by Gasteiger charge is -2.17. The maximum atomic E-state index is 4.61. The first-order valence-corrected chi connectivity index (χ1v) is 7.04. The van der Waals surface area contributed by atoms with E-state index in [1.807, 2.05) is 0 Å². The Labute approximate surface area is 106 Å². The van der Waals surface area contributed by atoms with Gasteiger partial charge >= 0.3 is 0 Å². The fraction of sp³-hybridized carbons (Fsp3) is 0.786. The smallest absolute Gasteiger partial charge is 0.0624 e. The Morgan fingerprint density at radius 3 is 2.59 bits per heavy atom. The van der Waals surface area contributed by atoms with Crippen molar-refractivity contribution in [1.82, 2.24) is 15.1 Å². The zero-order chi connectivity index (χ0) is 12.7. The second-order valence-electron chi connectivity index (χ2n) is 4.54. The number of aromatic nitrogens is 2. The predicted octanol–water partition coefficient (Wildman–Crippen LogP) is 2.79. The molecule has 0 aliphatic heterocycles. The molecule has 1 N–H and O–H groups in total. The maximum absolute atomic E-state index is 4.61.